The number of hydrogen-bond acceptors (Lipinski definition) is 17. The SMILES string of the molecule is COc1c(C)c(F)c(N)c2c(=O)c(C(=O)O)cn([C@@H]3C[C@@H]3F)c12.COc1c(C)ccc2c(=O)c(C(=O)O)cn([C@@H]3C[C@@H]3F)c12.Cc1ccc2c(=O)c(C(=O)O)cn(C3CC3)c2c1C.Cc1ccc2c(=O)c(C(=O)O)cn([C@@H]3C[C@@H]3F)c2c1C.Cc1ccc2c(=O)c(C(=O)O)cn([C@@H]3C[C@@H]3F)c2c1C#N.Cc1nc2c(cc1F)c(=O)c(C(=O)O)cn2[C@@H]1C[C@@H]1F. The van der Waals surface area contributed by atoms with Crippen molar-refractivity contribution in [3.05, 3.63) is 248 Å². The Morgan fingerprint density at radius 2 is 0.718 bits per heavy atom. The first kappa shape index (κ1) is 87.5. The second-order valence-electron chi connectivity index (χ2n) is 31.3. The van der Waals surface area contributed by atoms with Gasteiger partial charge in [-0.15, -0.1) is 0 Å². The minimum Gasteiger partial charge on any atom is -0.494 e. The Hall–Kier alpha value is -14.3. The van der Waals surface area contributed by atoms with Gasteiger partial charge in [-0.05, 0) is 132 Å². The summed E-state index contributed by atoms with van der Waals surface area (Å²) in [5, 5.41) is 64.9. The van der Waals surface area contributed by atoms with E-state index in [4.69, 9.17) is 40.7 Å². The highest BCUT2D eigenvalue weighted by atomic mass is 19.2. The molecule has 0 unspecified atom stereocenters. The number of anilines is 1. The van der Waals surface area contributed by atoms with Crippen molar-refractivity contribution in [2.45, 2.75) is 167 Å². The molecule has 36 heteroatoms. The lowest BCUT2D eigenvalue weighted by atomic mass is 10.0. The number of rotatable bonds is 14. The van der Waals surface area contributed by atoms with Crippen molar-refractivity contribution in [2.24, 2.45) is 0 Å². The number of nitrogen functional groups attached to an aromatic ring is 1. The Morgan fingerprint density at radius 3 is 1.09 bits per heavy atom. The number of nitriles is 1. The van der Waals surface area contributed by atoms with Crippen LogP contribution in [0.1, 0.15) is 194 Å². The molecule has 6 fully saturated rings. The summed E-state index contributed by atoms with van der Waals surface area (Å²) in [6.07, 6.45) is 5.41. The van der Waals surface area contributed by atoms with E-state index in [1.165, 1.54) is 71.0 Å². The van der Waals surface area contributed by atoms with Crippen LogP contribution in [0.25, 0.3) is 65.5 Å². The van der Waals surface area contributed by atoms with E-state index >= 15 is 0 Å². The number of aromatic carboxylic acids is 6. The maximum absolute atomic E-state index is 14.3. The molecule has 6 saturated carbocycles. The van der Waals surface area contributed by atoms with E-state index in [0.717, 1.165) is 70.8 Å². The first-order valence-corrected chi connectivity index (χ1v) is 38.7. The van der Waals surface area contributed by atoms with Crippen LogP contribution in [0.2, 0.25) is 0 Å². The average molecular weight is 1710 g/mol. The van der Waals surface area contributed by atoms with Crippen molar-refractivity contribution in [3.8, 4) is 17.6 Å². The van der Waals surface area contributed by atoms with Crippen LogP contribution in [0.4, 0.5) is 36.4 Å². The third-order valence-electron chi connectivity index (χ3n) is 23.0. The molecule has 7 heterocycles. The number of ether oxygens (including phenoxy) is 2. The van der Waals surface area contributed by atoms with Crippen LogP contribution in [0.5, 0.6) is 11.5 Å². The van der Waals surface area contributed by atoms with Crippen LogP contribution in [-0.2, 0) is 0 Å². The molecule has 0 radical (unpaired) electrons. The van der Waals surface area contributed by atoms with Crippen molar-refractivity contribution >= 4 is 107 Å². The second kappa shape index (κ2) is 33.3. The smallest absolute Gasteiger partial charge is 0.341 e. The Morgan fingerprint density at radius 1 is 0.411 bits per heavy atom. The summed E-state index contributed by atoms with van der Waals surface area (Å²) in [5.74, 6) is -9.05. The van der Waals surface area contributed by atoms with E-state index in [9.17, 15) is 98.6 Å². The Labute approximate surface area is 694 Å². The molecular weight excluding hydrogens is 1640 g/mol. The van der Waals surface area contributed by atoms with Gasteiger partial charge in [0, 0.05) is 97.0 Å². The standard InChI is InChI=1S/C15H14F2N2O4.C15H11FN2O3.C15H14FNO4.C15H14FNO3.C15H15NO3.C13H10F2N2O3/c1-5-10(17)11(18)9-12(14(5)23-2)19(8-3-7(8)16)4-6(13(9)20)15(21)22;1-7-2-3-8-13(9(7)5-17)18(12-4-11(12)16)6-10(14(8)19)15(20)21;1-7-3-4-8-12(14(7)21-2)17(11-5-10(11)16)6-9(13(8)18)15(19)20;1-7-3-4-9-13(8(7)2)17(12-5-11(12)16)6-10(14(9)18)15(19)20;1-8-3-6-11-13(9(8)2)16(10-4-5-10)7-12(14(11)17)15(18)19;1-5-8(14)2-6-11(18)7(13(19)20)4-17(12(6)16-5)10-3-9(10)15/h4,7-8H,3,18H2,1-2H3,(H,21,22);2-3,6,11-12H,4H2,1H3,(H,20,21);3-4,6,10-11H,5H2,1-2H3,(H,19,20);3-4,6,11-12H,5H2,1-2H3,(H,19,20);3,6-7,10H,4-5H2,1-2H3,(H,18,19);2,4,9-10H,3H2,1H3,(H,19,20)/t7-,8+;11-,12+;10-,11+;11-,12+;;9-,10+/m0000.0/s1. The number of halogens is 7. The van der Waals surface area contributed by atoms with E-state index in [2.05, 4.69) is 4.98 Å². The number of nitrogens with two attached hydrogens (primary N) is 1. The van der Waals surface area contributed by atoms with Crippen molar-refractivity contribution in [3.63, 3.8) is 0 Å². The molecular formula is C88H78F7N9O20. The largest absolute Gasteiger partial charge is 0.494 e. The Balaban J connectivity index is 0.000000128. The van der Waals surface area contributed by atoms with Gasteiger partial charge in [-0.25, -0.2) is 64.5 Å². The summed E-state index contributed by atoms with van der Waals surface area (Å²) in [7, 11) is 2.76. The van der Waals surface area contributed by atoms with Crippen LogP contribution in [0.15, 0.2) is 121 Å². The van der Waals surface area contributed by atoms with Gasteiger partial charge in [0.1, 0.15) is 93.3 Å². The maximum Gasteiger partial charge on any atom is 0.341 e. The predicted molar refractivity (Wildman–Crippen MR) is 440 cm³/mol. The molecule has 644 valence electrons. The lowest BCUT2D eigenvalue weighted by Gasteiger charge is -2.18. The van der Waals surface area contributed by atoms with Crippen LogP contribution >= 0.6 is 0 Å². The van der Waals surface area contributed by atoms with Crippen molar-refractivity contribution < 1.29 is 99.6 Å². The molecule has 6 aliphatic carbocycles. The highest BCUT2D eigenvalue weighted by Crippen LogP contribution is 2.48. The van der Waals surface area contributed by atoms with E-state index < -0.39 is 152 Å². The molecule has 0 spiro atoms. The van der Waals surface area contributed by atoms with Gasteiger partial charge in [-0.1, -0.05) is 24.3 Å². The molecule has 5 aromatic carbocycles. The van der Waals surface area contributed by atoms with Gasteiger partial charge in [0.05, 0.1) is 105 Å². The number of aromatic nitrogens is 7. The number of fused-ring (bicyclic) bond motifs is 6. The summed E-state index contributed by atoms with van der Waals surface area (Å²) in [6, 6.07) is 14.2. The summed E-state index contributed by atoms with van der Waals surface area (Å²) in [4.78, 5) is 145. The Bertz CT molecular complexity index is 7070. The fourth-order valence-corrected chi connectivity index (χ4v) is 15.3. The number of alkyl halides is 5. The van der Waals surface area contributed by atoms with Gasteiger partial charge in [-0.2, -0.15) is 5.26 Å². The van der Waals surface area contributed by atoms with Gasteiger partial charge < -0.3 is 73.2 Å². The van der Waals surface area contributed by atoms with Gasteiger partial charge in [-0.3, -0.25) is 28.8 Å². The maximum atomic E-state index is 14.3. The molecule has 6 aliphatic rings. The number of methoxy groups -OCH3 is 2. The van der Waals surface area contributed by atoms with Crippen molar-refractivity contribution in [1.82, 2.24) is 32.4 Å². The summed E-state index contributed by atoms with van der Waals surface area (Å²) in [6.45, 7) is 14.1. The number of hydrogen-bond donors (Lipinski definition) is 7. The van der Waals surface area contributed by atoms with E-state index in [-0.39, 0.29) is 103 Å². The summed E-state index contributed by atoms with van der Waals surface area (Å²) < 4.78 is 115. The monoisotopic (exact) mass is 1710 g/mol. The number of carboxylic acids is 6. The number of carbonyl (C=O) groups is 6. The normalized spacial score (nSPS) is 19.7. The number of benzene rings is 5. The zero-order valence-electron chi connectivity index (χ0n) is 67.7. The molecule has 29 nitrogen and oxygen atoms in total. The fraction of sp³-hybridized carbons (Fsp3) is 0.318. The number of pyridine rings is 7. The zero-order chi connectivity index (χ0) is 90.6. The van der Waals surface area contributed by atoms with Crippen molar-refractivity contribution in [1.29, 1.82) is 5.26 Å². The van der Waals surface area contributed by atoms with Gasteiger partial charge in [0.25, 0.3) is 0 Å². The molecule has 0 bridgehead atoms. The third kappa shape index (κ3) is 16.0. The average Bonchev–Trinajstić information content (AvgIpc) is 1.46. The highest BCUT2D eigenvalue weighted by Gasteiger charge is 2.45. The molecule has 8 N–H and O–H groups in total. The molecule has 7 aromatic heterocycles. The molecule has 12 aromatic rings. The van der Waals surface area contributed by atoms with Crippen LogP contribution in [0.3, 0.4) is 0 Å². The molecule has 18 rings (SSSR count). The first-order valence-electron chi connectivity index (χ1n) is 38.7. The molecule has 124 heavy (non-hydrogen) atoms. The summed E-state index contributed by atoms with van der Waals surface area (Å²) >= 11 is 0. The highest BCUT2D eigenvalue weighted by molar-refractivity contribution is 6.02. The lowest BCUT2D eigenvalue weighted by molar-refractivity contribution is 0.0684. The minimum absolute atomic E-state index is 0.0415. The second-order valence-corrected chi connectivity index (χ2v) is 31.3. The fourth-order valence-electron chi connectivity index (χ4n) is 15.3. The van der Waals surface area contributed by atoms with Gasteiger partial charge in [0.15, 0.2) is 5.82 Å². The molecule has 10 atom stereocenters. The number of nitrogens with zero attached hydrogens (tertiary/aromatic N) is 8. The molecule has 0 saturated heterocycles. The van der Waals surface area contributed by atoms with Crippen LogP contribution in [0, 0.1) is 78.4 Å². The minimum atomic E-state index is -1.49. The van der Waals surface area contributed by atoms with E-state index in [0.29, 0.717) is 57.5 Å². The van der Waals surface area contributed by atoms with Crippen molar-refractivity contribution in [2.75, 3.05) is 20.0 Å². The van der Waals surface area contributed by atoms with Gasteiger partial charge >= 0.3 is 35.8 Å². The topological polar surface area (TPSA) is 437 Å². The lowest BCUT2D eigenvalue weighted by Crippen LogP contribution is -2.21. The van der Waals surface area contributed by atoms with E-state index in [1.807, 2.05) is 51.3 Å². The predicted octanol–water partition coefficient (Wildman–Crippen LogP) is 13.6. The Kier molecular flexibility index (Phi) is 23.5. The first-order chi connectivity index (χ1) is 58.5. The quantitative estimate of drug-likeness (QED) is 0.0393. The summed E-state index contributed by atoms with van der Waals surface area (Å²) in [5.41, 5.74) is 7.54. The van der Waals surface area contributed by atoms with E-state index in [1.54, 1.807) is 47.9 Å². The zero-order valence-corrected chi connectivity index (χ0v) is 67.7. The number of aryl methyl sites for hydroxylation is 7. The molecule has 0 aliphatic heterocycles. The van der Waals surface area contributed by atoms with Gasteiger partial charge in [0.2, 0.25) is 32.6 Å². The molecule has 0 amide bonds. The van der Waals surface area contributed by atoms with Crippen LogP contribution < -0.4 is 47.8 Å². The number of carboxylic acid groups (broad SMARTS) is 6. The van der Waals surface area contributed by atoms with Crippen LogP contribution in [-0.4, -0.2) is 144 Å². The third-order valence-corrected chi connectivity index (χ3v) is 23.0.